The highest BCUT2D eigenvalue weighted by Gasteiger charge is 2.22. The quantitative estimate of drug-likeness (QED) is 0.549. The van der Waals surface area contributed by atoms with Gasteiger partial charge in [0.25, 0.3) is 0 Å². The van der Waals surface area contributed by atoms with E-state index in [4.69, 9.17) is 9.47 Å². The van der Waals surface area contributed by atoms with Gasteiger partial charge in [0, 0.05) is 0 Å². The molecule has 0 saturated carbocycles. The summed E-state index contributed by atoms with van der Waals surface area (Å²) in [5.41, 5.74) is 0.981. The first-order valence-corrected chi connectivity index (χ1v) is 10.8. The SMILES string of the molecule is CCCCCCCCCS(=O)(=O)C(C)Cc1ccc2c(c1)OCO2. The first-order valence-electron chi connectivity index (χ1n) is 9.13. The van der Waals surface area contributed by atoms with Gasteiger partial charge in [0.15, 0.2) is 21.3 Å². The van der Waals surface area contributed by atoms with E-state index in [2.05, 4.69) is 6.92 Å². The van der Waals surface area contributed by atoms with E-state index < -0.39 is 9.84 Å². The second kappa shape index (κ2) is 9.30. The molecule has 0 radical (unpaired) electrons. The van der Waals surface area contributed by atoms with E-state index in [-0.39, 0.29) is 12.0 Å². The summed E-state index contributed by atoms with van der Waals surface area (Å²) in [6.07, 6.45) is 8.47. The molecular weight excluding hydrogens is 324 g/mol. The minimum absolute atomic E-state index is 0.241. The second-order valence-electron chi connectivity index (χ2n) is 6.69. The number of sulfone groups is 1. The van der Waals surface area contributed by atoms with Crippen LogP contribution in [0, 0.1) is 0 Å². The number of rotatable bonds is 11. The van der Waals surface area contributed by atoms with E-state index in [1.165, 1.54) is 25.7 Å². The minimum Gasteiger partial charge on any atom is -0.454 e. The monoisotopic (exact) mass is 354 g/mol. The molecular formula is C19H30O4S. The van der Waals surface area contributed by atoms with Crippen LogP contribution in [0.15, 0.2) is 18.2 Å². The van der Waals surface area contributed by atoms with Gasteiger partial charge in [-0.15, -0.1) is 0 Å². The van der Waals surface area contributed by atoms with Gasteiger partial charge in [0.05, 0.1) is 11.0 Å². The van der Waals surface area contributed by atoms with Crippen molar-refractivity contribution in [3.63, 3.8) is 0 Å². The van der Waals surface area contributed by atoms with E-state index >= 15 is 0 Å². The predicted octanol–water partition coefficient (Wildman–Crippen LogP) is 4.51. The average Bonchev–Trinajstić information content (AvgIpc) is 3.01. The fourth-order valence-corrected chi connectivity index (χ4v) is 4.44. The summed E-state index contributed by atoms with van der Waals surface area (Å²) < 4.78 is 35.5. The summed E-state index contributed by atoms with van der Waals surface area (Å²) in [5, 5.41) is -0.363. The molecule has 1 heterocycles. The van der Waals surface area contributed by atoms with E-state index in [0.29, 0.717) is 17.9 Å². The molecule has 1 unspecified atom stereocenters. The lowest BCUT2D eigenvalue weighted by Crippen LogP contribution is -2.23. The molecule has 0 fully saturated rings. The van der Waals surface area contributed by atoms with Gasteiger partial charge in [-0.1, -0.05) is 51.5 Å². The van der Waals surface area contributed by atoms with Crippen molar-refractivity contribution in [3.05, 3.63) is 23.8 Å². The largest absolute Gasteiger partial charge is 0.454 e. The Labute approximate surface area is 146 Å². The maximum absolute atomic E-state index is 12.4. The zero-order chi connectivity index (χ0) is 17.4. The second-order valence-corrected chi connectivity index (χ2v) is 9.23. The van der Waals surface area contributed by atoms with E-state index in [1.807, 2.05) is 18.2 Å². The number of hydrogen-bond donors (Lipinski definition) is 0. The molecule has 136 valence electrons. The summed E-state index contributed by atoms with van der Waals surface area (Å²) >= 11 is 0. The molecule has 0 saturated heterocycles. The number of benzene rings is 1. The van der Waals surface area contributed by atoms with Gasteiger partial charge in [-0.3, -0.25) is 0 Å². The molecule has 1 aliphatic heterocycles. The van der Waals surface area contributed by atoms with Gasteiger partial charge >= 0.3 is 0 Å². The Hall–Kier alpha value is -1.23. The van der Waals surface area contributed by atoms with Crippen LogP contribution in [0.25, 0.3) is 0 Å². The normalized spacial score (nSPS) is 14.8. The van der Waals surface area contributed by atoms with Crippen LogP contribution in [-0.2, 0) is 16.3 Å². The van der Waals surface area contributed by atoms with Gasteiger partial charge in [-0.2, -0.15) is 0 Å². The maximum Gasteiger partial charge on any atom is 0.231 e. The fraction of sp³-hybridized carbons (Fsp3) is 0.684. The van der Waals surface area contributed by atoms with Crippen molar-refractivity contribution < 1.29 is 17.9 Å². The summed E-state index contributed by atoms with van der Waals surface area (Å²) in [5.74, 6) is 1.74. The summed E-state index contributed by atoms with van der Waals surface area (Å²) in [4.78, 5) is 0. The summed E-state index contributed by atoms with van der Waals surface area (Å²) in [7, 11) is -3.04. The van der Waals surface area contributed by atoms with Crippen molar-refractivity contribution >= 4 is 9.84 Å². The molecule has 0 spiro atoms. The van der Waals surface area contributed by atoms with E-state index in [1.54, 1.807) is 6.92 Å². The van der Waals surface area contributed by atoms with Crippen LogP contribution in [0.2, 0.25) is 0 Å². The maximum atomic E-state index is 12.4. The van der Waals surface area contributed by atoms with Crippen LogP contribution in [0.1, 0.15) is 64.4 Å². The highest BCUT2D eigenvalue weighted by molar-refractivity contribution is 7.92. The lowest BCUT2D eigenvalue weighted by Gasteiger charge is -2.13. The summed E-state index contributed by atoms with van der Waals surface area (Å²) in [6, 6.07) is 5.67. The van der Waals surface area contributed by atoms with Gasteiger partial charge in [-0.05, 0) is 37.5 Å². The van der Waals surface area contributed by atoms with Crippen LogP contribution >= 0.6 is 0 Å². The Balaban J connectivity index is 1.75. The Kier molecular flexibility index (Phi) is 7.40. The molecule has 1 atom stereocenters. The van der Waals surface area contributed by atoms with Gasteiger partial charge < -0.3 is 9.47 Å². The predicted molar refractivity (Wildman–Crippen MR) is 97.5 cm³/mol. The molecule has 2 rings (SSSR count). The first kappa shape index (κ1) is 19.1. The molecule has 0 aliphatic carbocycles. The number of hydrogen-bond acceptors (Lipinski definition) is 4. The van der Waals surface area contributed by atoms with Crippen molar-refractivity contribution in [3.8, 4) is 11.5 Å². The summed E-state index contributed by atoms with van der Waals surface area (Å²) in [6.45, 7) is 4.25. The van der Waals surface area contributed by atoms with Crippen LogP contribution in [0.4, 0.5) is 0 Å². The smallest absolute Gasteiger partial charge is 0.231 e. The number of unbranched alkanes of at least 4 members (excludes halogenated alkanes) is 6. The van der Waals surface area contributed by atoms with Crippen molar-refractivity contribution in [2.45, 2.75) is 70.5 Å². The third-order valence-corrected chi connectivity index (χ3v) is 6.86. The van der Waals surface area contributed by atoms with Crippen LogP contribution < -0.4 is 9.47 Å². The molecule has 1 aromatic carbocycles. The molecule has 5 heteroatoms. The zero-order valence-electron chi connectivity index (χ0n) is 14.9. The van der Waals surface area contributed by atoms with E-state index in [0.717, 1.165) is 30.6 Å². The molecule has 0 aromatic heterocycles. The lowest BCUT2D eigenvalue weighted by molar-refractivity contribution is 0.174. The molecule has 0 bridgehead atoms. The number of ether oxygens (including phenoxy) is 2. The highest BCUT2D eigenvalue weighted by Crippen LogP contribution is 2.33. The standard InChI is InChI=1S/C19H30O4S/c1-3-4-5-6-7-8-9-12-24(20,21)16(2)13-17-10-11-18-19(14-17)23-15-22-18/h10-11,14,16H,3-9,12-13,15H2,1-2H3. The molecule has 0 N–H and O–H groups in total. The third kappa shape index (κ3) is 5.69. The Morgan fingerprint density at radius 2 is 1.67 bits per heavy atom. The zero-order valence-corrected chi connectivity index (χ0v) is 15.7. The highest BCUT2D eigenvalue weighted by atomic mass is 32.2. The Bertz CT molecular complexity index is 610. The van der Waals surface area contributed by atoms with Gasteiger partial charge in [0.1, 0.15) is 0 Å². The molecule has 4 nitrogen and oxygen atoms in total. The van der Waals surface area contributed by atoms with Gasteiger partial charge in [-0.25, -0.2) is 8.42 Å². The first-order chi connectivity index (χ1) is 11.5. The molecule has 24 heavy (non-hydrogen) atoms. The molecule has 1 aromatic rings. The Morgan fingerprint density at radius 1 is 1.00 bits per heavy atom. The molecule has 1 aliphatic rings. The average molecular weight is 355 g/mol. The lowest BCUT2D eigenvalue weighted by atomic mass is 10.1. The van der Waals surface area contributed by atoms with Crippen molar-refractivity contribution in [1.29, 1.82) is 0 Å². The molecule has 0 amide bonds. The van der Waals surface area contributed by atoms with Crippen LogP contribution in [0.3, 0.4) is 0 Å². The van der Waals surface area contributed by atoms with Crippen molar-refractivity contribution in [1.82, 2.24) is 0 Å². The van der Waals surface area contributed by atoms with Gasteiger partial charge in [0.2, 0.25) is 6.79 Å². The van der Waals surface area contributed by atoms with Crippen LogP contribution in [0.5, 0.6) is 11.5 Å². The Morgan fingerprint density at radius 3 is 2.42 bits per heavy atom. The fourth-order valence-electron chi connectivity index (χ4n) is 2.99. The minimum atomic E-state index is -3.04. The van der Waals surface area contributed by atoms with Crippen molar-refractivity contribution in [2.75, 3.05) is 12.5 Å². The number of fused-ring (bicyclic) bond motifs is 1. The van der Waals surface area contributed by atoms with E-state index in [9.17, 15) is 8.42 Å². The topological polar surface area (TPSA) is 52.6 Å². The van der Waals surface area contributed by atoms with Crippen LogP contribution in [-0.4, -0.2) is 26.2 Å². The van der Waals surface area contributed by atoms with Crippen molar-refractivity contribution in [2.24, 2.45) is 0 Å². The third-order valence-electron chi connectivity index (χ3n) is 4.61.